The van der Waals surface area contributed by atoms with Crippen LogP contribution in [0, 0.1) is 19.8 Å². The van der Waals surface area contributed by atoms with Crippen LogP contribution in [-0.2, 0) is 12.4 Å². The molecule has 0 saturated carbocycles. The fourth-order valence-electron chi connectivity index (χ4n) is 6.84. The van der Waals surface area contributed by atoms with E-state index in [2.05, 4.69) is 0 Å². The highest BCUT2D eigenvalue weighted by molar-refractivity contribution is 5.83. The minimum Gasteiger partial charge on any atom is -0.310 e. The molecule has 0 saturated heterocycles. The first-order valence-corrected chi connectivity index (χ1v) is 16.3. The van der Waals surface area contributed by atoms with Crippen molar-refractivity contribution in [2.45, 2.75) is 45.2 Å². The van der Waals surface area contributed by atoms with Crippen molar-refractivity contribution in [3.8, 4) is 22.3 Å². The molecule has 2 unspecified atom stereocenters. The number of nitrogens with zero attached hydrogens (tertiary/aromatic N) is 1. The van der Waals surface area contributed by atoms with Crippen molar-refractivity contribution in [1.82, 2.24) is 0 Å². The van der Waals surface area contributed by atoms with Crippen molar-refractivity contribution in [1.29, 1.82) is 0 Å². The molecule has 1 aliphatic rings. The zero-order chi connectivity index (χ0) is 37.6. The lowest BCUT2D eigenvalue weighted by atomic mass is 9.79. The fraction of sp³-hybridized carbons (Fsp3) is 0.190. The molecule has 10 heteroatoms. The van der Waals surface area contributed by atoms with Crippen LogP contribution in [0.4, 0.5) is 50.9 Å². The van der Waals surface area contributed by atoms with Gasteiger partial charge in [-0.1, -0.05) is 97.1 Å². The molecule has 5 aromatic carbocycles. The summed E-state index contributed by atoms with van der Waals surface area (Å²) in [5.74, 6) is -3.33. The summed E-state index contributed by atoms with van der Waals surface area (Å²) >= 11 is 0. The van der Waals surface area contributed by atoms with Gasteiger partial charge in [0.2, 0.25) is 0 Å². The number of hydrogen-bond donors (Lipinski definition) is 0. The van der Waals surface area contributed by atoms with Gasteiger partial charge in [0.15, 0.2) is 0 Å². The summed E-state index contributed by atoms with van der Waals surface area (Å²) in [5.41, 5.74) is -1.64. The Morgan fingerprint density at radius 3 is 1.29 bits per heavy atom. The molecule has 0 heterocycles. The molecule has 0 fully saturated rings. The second-order valence-corrected chi connectivity index (χ2v) is 12.8. The Morgan fingerprint density at radius 2 is 0.904 bits per heavy atom. The maximum atomic E-state index is 14.9. The molecule has 52 heavy (non-hydrogen) atoms. The van der Waals surface area contributed by atoms with E-state index in [1.807, 2.05) is 0 Å². The van der Waals surface area contributed by atoms with Gasteiger partial charge < -0.3 is 4.90 Å². The largest absolute Gasteiger partial charge is 0.417 e. The highest BCUT2D eigenvalue weighted by Gasteiger charge is 2.46. The van der Waals surface area contributed by atoms with E-state index in [1.165, 1.54) is 63.2 Å². The third-order valence-electron chi connectivity index (χ3n) is 9.30. The molecule has 0 spiro atoms. The van der Waals surface area contributed by atoms with Crippen molar-refractivity contribution >= 4 is 11.4 Å². The number of halogens is 9. The van der Waals surface area contributed by atoms with Crippen LogP contribution in [0.2, 0.25) is 0 Å². The quantitative estimate of drug-likeness (QED) is 0.158. The monoisotopic (exact) mass is 721 g/mol. The summed E-state index contributed by atoms with van der Waals surface area (Å²) in [6, 6.07) is 27.7. The molecule has 5 aromatic rings. The number of benzene rings is 5. The number of rotatable bonds is 6. The predicted octanol–water partition coefficient (Wildman–Crippen LogP) is 13.6. The normalized spacial score (nSPS) is 16.7. The van der Waals surface area contributed by atoms with Crippen molar-refractivity contribution in [3.63, 3.8) is 0 Å². The number of alkyl halides is 9. The molecule has 0 amide bonds. The van der Waals surface area contributed by atoms with Gasteiger partial charge in [-0.2, -0.15) is 39.5 Å². The Bertz CT molecular complexity index is 2020. The molecule has 2 atom stereocenters. The Balaban J connectivity index is 1.68. The standard InChI is InChI=1S/C42H32F9N/c1-25-19-31(28-13-7-4-8-14-28)34(40(43,44)45)22-37(25)52(38-23-35(41(46,47)48)32(20-26(38)2)29-15-9-5-10-16-29)39-24-36(42(49,50)51)33(21-27(39)3)30-17-11-6-12-18-30/h4-24,31,34H,1-3H3. The minimum atomic E-state index is -4.93. The van der Waals surface area contributed by atoms with Gasteiger partial charge >= 0.3 is 18.5 Å². The average molecular weight is 722 g/mol. The Hall–Kier alpha value is -5.25. The molecule has 6 rings (SSSR count). The van der Waals surface area contributed by atoms with E-state index in [0.29, 0.717) is 5.56 Å². The maximum Gasteiger partial charge on any atom is 0.417 e. The smallest absolute Gasteiger partial charge is 0.310 e. The molecule has 0 radical (unpaired) electrons. The number of allylic oxidation sites excluding steroid dienone is 3. The highest BCUT2D eigenvalue weighted by atomic mass is 19.4. The van der Waals surface area contributed by atoms with Gasteiger partial charge in [-0.3, -0.25) is 0 Å². The average Bonchev–Trinajstić information content (AvgIpc) is 3.09. The van der Waals surface area contributed by atoms with Crippen molar-refractivity contribution in [3.05, 3.63) is 167 Å². The van der Waals surface area contributed by atoms with E-state index >= 15 is 0 Å². The second kappa shape index (κ2) is 13.7. The van der Waals surface area contributed by atoms with Crippen LogP contribution < -0.4 is 4.90 Å². The Morgan fingerprint density at radius 1 is 0.500 bits per heavy atom. The third-order valence-corrected chi connectivity index (χ3v) is 9.30. The summed E-state index contributed by atoms with van der Waals surface area (Å²) in [7, 11) is 0. The van der Waals surface area contributed by atoms with Gasteiger partial charge in [0.05, 0.1) is 17.0 Å². The summed E-state index contributed by atoms with van der Waals surface area (Å²) in [6.45, 7) is 4.49. The van der Waals surface area contributed by atoms with Crippen LogP contribution in [-0.4, -0.2) is 6.18 Å². The molecule has 268 valence electrons. The second-order valence-electron chi connectivity index (χ2n) is 12.8. The Labute approximate surface area is 295 Å². The highest BCUT2D eigenvalue weighted by Crippen LogP contribution is 2.51. The van der Waals surface area contributed by atoms with Crippen LogP contribution >= 0.6 is 0 Å². The van der Waals surface area contributed by atoms with Gasteiger partial charge in [0.25, 0.3) is 0 Å². The molecule has 0 aromatic heterocycles. The van der Waals surface area contributed by atoms with E-state index in [-0.39, 0.29) is 56.0 Å². The van der Waals surface area contributed by atoms with Crippen molar-refractivity contribution < 1.29 is 39.5 Å². The number of anilines is 2. The predicted molar refractivity (Wildman–Crippen MR) is 186 cm³/mol. The summed E-state index contributed by atoms with van der Waals surface area (Å²) in [4.78, 5) is 1.12. The summed E-state index contributed by atoms with van der Waals surface area (Å²) < 4.78 is 134. The zero-order valence-electron chi connectivity index (χ0n) is 28.1. The summed E-state index contributed by atoms with van der Waals surface area (Å²) in [5, 5.41) is 0. The van der Waals surface area contributed by atoms with Crippen molar-refractivity contribution in [2.24, 2.45) is 5.92 Å². The molecule has 0 N–H and O–H groups in total. The lowest BCUT2D eigenvalue weighted by Crippen LogP contribution is -2.32. The number of hydrogen-bond acceptors (Lipinski definition) is 1. The lowest BCUT2D eigenvalue weighted by Gasteiger charge is -2.37. The first-order valence-electron chi connectivity index (χ1n) is 16.3. The minimum absolute atomic E-state index is 0.177. The van der Waals surface area contributed by atoms with Gasteiger partial charge in [0, 0.05) is 23.0 Å². The van der Waals surface area contributed by atoms with Crippen LogP contribution in [0.3, 0.4) is 0 Å². The summed E-state index contributed by atoms with van der Waals surface area (Å²) in [6.07, 6.45) is -12.4. The first kappa shape index (κ1) is 36.5. The van der Waals surface area contributed by atoms with Gasteiger partial charge in [-0.25, -0.2) is 0 Å². The van der Waals surface area contributed by atoms with E-state index in [9.17, 15) is 39.5 Å². The van der Waals surface area contributed by atoms with Gasteiger partial charge in [0.1, 0.15) is 0 Å². The molecule has 1 nitrogen and oxygen atoms in total. The van der Waals surface area contributed by atoms with E-state index < -0.39 is 41.5 Å². The molecular weight excluding hydrogens is 689 g/mol. The van der Waals surface area contributed by atoms with Crippen LogP contribution in [0.25, 0.3) is 22.3 Å². The lowest BCUT2D eigenvalue weighted by molar-refractivity contribution is -0.164. The molecular formula is C42H32F9N. The zero-order valence-corrected chi connectivity index (χ0v) is 28.1. The molecule has 1 aliphatic carbocycles. The molecule has 0 bridgehead atoms. The van der Waals surface area contributed by atoms with E-state index in [4.69, 9.17) is 0 Å². The fourth-order valence-corrected chi connectivity index (χ4v) is 6.84. The van der Waals surface area contributed by atoms with Crippen molar-refractivity contribution in [2.75, 3.05) is 4.90 Å². The SMILES string of the molecule is CC1=CC(c2ccccc2)C(C(F)(F)F)C=C1N(c1cc(C(F)(F)F)c(-c2ccccc2)cc1C)c1cc(C(F)(F)F)c(-c2ccccc2)cc1C. The topological polar surface area (TPSA) is 3.24 Å². The third kappa shape index (κ3) is 7.24. The Kier molecular flexibility index (Phi) is 9.63. The van der Waals surface area contributed by atoms with Crippen LogP contribution in [0.1, 0.15) is 40.7 Å². The first-order chi connectivity index (χ1) is 24.4. The number of aryl methyl sites for hydroxylation is 2. The molecule has 0 aliphatic heterocycles. The van der Waals surface area contributed by atoms with Gasteiger partial charge in [-0.05, 0) is 95.6 Å². The van der Waals surface area contributed by atoms with E-state index in [1.54, 1.807) is 66.7 Å². The maximum absolute atomic E-state index is 14.9. The van der Waals surface area contributed by atoms with Crippen LogP contribution in [0.15, 0.2) is 139 Å². The van der Waals surface area contributed by atoms with E-state index in [0.717, 1.165) is 23.1 Å². The van der Waals surface area contributed by atoms with Gasteiger partial charge in [-0.15, -0.1) is 0 Å². The van der Waals surface area contributed by atoms with Crippen LogP contribution in [0.5, 0.6) is 0 Å².